The molecule has 0 aliphatic rings. The number of aliphatic carboxylic acids is 2. The van der Waals surface area contributed by atoms with Gasteiger partial charge in [-0.3, -0.25) is 19.2 Å². The number of rotatable bonds is 15. The van der Waals surface area contributed by atoms with E-state index in [1.54, 1.807) is 48.5 Å². The minimum Gasteiger partial charge on any atom is -0.480 e. The molecule has 4 aromatic carbocycles. The molecule has 2 unspecified atom stereocenters. The zero-order valence-electron chi connectivity index (χ0n) is 26.2. The van der Waals surface area contributed by atoms with Crippen LogP contribution < -0.4 is 20.1 Å². The first-order valence-corrected chi connectivity index (χ1v) is 19.5. The molecule has 2 atom stereocenters. The van der Waals surface area contributed by atoms with E-state index in [-0.39, 0.29) is 9.79 Å². The Morgan fingerprint density at radius 1 is 0.540 bits per heavy atom. The van der Waals surface area contributed by atoms with Crippen LogP contribution in [0.15, 0.2) is 117 Å². The summed E-state index contributed by atoms with van der Waals surface area (Å²) in [6, 6.07) is 21.3. The fourth-order valence-corrected chi connectivity index (χ4v) is 8.83. The minimum absolute atomic E-state index is 0.177. The zero-order chi connectivity index (χ0) is 36.6. The van der Waals surface area contributed by atoms with Gasteiger partial charge in [0.25, 0.3) is 11.8 Å². The number of sulfonamides is 2. The second-order valence-corrected chi connectivity index (χ2v) is 16.1. The molecule has 0 saturated heterocycles. The second kappa shape index (κ2) is 16.3. The molecular weight excluding hydrogens is 729 g/mol. The topological polar surface area (TPSA) is 225 Å². The highest BCUT2D eigenvalue weighted by Gasteiger charge is 2.23. The van der Waals surface area contributed by atoms with Gasteiger partial charge in [-0.2, -0.15) is 9.44 Å². The van der Waals surface area contributed by atoms with E-state index in [0.717, 1.165) is 0 Å². The number of carbonyl (C=O) groups excluding carboxylic acids is 2. The van der Waals surface area contributed by atoms with Gasteiger partial charge in [0.15, 0.2) is 0 Å². The molecule has 0 aliphatic carbocycles. The van der Waals surface area contributed by atoms with Crippen molar-refractivity contribution in [3.05, 3.63) is 108 Å². The van der Waals surface area contributed by atoms with Gasteiger partial charge in [0.1, 0.15) is 12.1 Å². The van der Waals surface area contributed by atoms with Gasteiger partial charge in [-0.1, -0.05) is 45.9 Å². The smallest absolute Gasteiger partial charge is 0.321 e. The third-order valence-corrected chi connectivity index (χ3v) is 12.3. The Bertz CT molecular complexity index is 1970. The van der Waals surface area contributed by atoms with Gasteiger partial charge in [-0.25, -0.2) is 16.8 Å². The third-order valence-electron chi connectivity index (χ3n) is 6.73. The molecule has 0 spiro atoms. The van der Waals surface area contributed by atoms with Gasteiger partial charge in [0.05, 0.1) is 20.9 Å². The van der Waals surface area contributed by atoms with Gasteiger partial charge in [0.2, 0.25) is 20.0 Å². The highest BCUT2D eigenvalue weighted by molar-refractivity contribution is 8.76. The number of hydrogen-bond acceptors (Lipinski definition) is 10. The van der Waals surface area contributed by atoms with Crippen molar-refractivity contribution < 1.29 is 46.2 Å². The largest absolute Gasteiger partial charge is 0.480 e. The lowest BCUT2D eigenvalue weighted by Gasteiger charge is -2.13. The van der Waals surface area contributed by atoms with Crippen LogP contribution in [-0.4, -0.2) is 62.9 Å². The lowest BCUT2D eigenvalue weighted by molar-refractivity contribution is -0.139. The van der Waals surface area contributed by atoms with Gasteiger partial charge < -0.3 is 20.8 Å². The summed E-state index contributed by atoms with van der Waals surface area (Å²) in [5, 5.41) is 23.4. The summed E-state index contributed by atoms with van der Waals surface area (Å²) in [7, 11) is -5.75. The number of anilines is 2. The zero-order valence-corrected chi connectivity index (χ0v) is 29.5. The average Bonchev–Trinajstić information content (AvgIpc) is 3.07. The van der Waals surface area contributed by atoms with Gasteiger partial charge in [0, 0.05) is 21.2 Å². The van der Waals surface area contributed by atoms with E-state index in [0.29, 0.717) is 32.3 Å². The molecule has 0 fully saturated rings. The van der Waals surface area contributed by atoms with Gasteiger partial charge in [-0.15, -0.1) is 0 Å². The summed E-state index contributed by atoms with van der Waals surface area (Å²) in [5.74, 6) is -3.62. The normalized spacial score (nSPS) is 12.8. The predicted molar refractivity (Wildman–Crippen MR) is 188 cm³/mol. The van der Waals surface area contributed by atoms with Crippen molar-refractivity contribution in [1.29, 1.82) is 0 Å². The van der Waals surface area contributed by atoms with Gasteiger partial charge in [-0.05, 0) is 86.6 Å². The molecule has 0 aliphatic heterocycles. The molecule has 0 aromatic heterocycles. The molecule has 0 heterocycles. The van der Waals surface area contributed by atoms with Crippen molar-refractivity contribution in [3.8, 4) is 0 Å². The Hall–Kier alpha value is -4.72. The number of hydrogen-bond donors (Lipinski definition) is 6. The molecule has 14 nitrogen and oxygen atoms in total. The van der Waals surface area contributed by atoms with E-state index in [4.69, 9.17) is 10.2 Å². The summed E-state index contributed by atoms with van der Waals surface area (Å²) in [5.41, 5.74) is 1.21. The fraction of sp³-hybridized carbons (Fsp3) is 0.125. The van der Waals surface area contributed by atoms with Crippen LogP contribution >= 0.6 is 21.6 Å². The van der Waals surface area contributed by atoms with E-state index < -0.39 is 55.9 Å². The lowest BCUT2D eigenvalue weighted by atomic mass is 10.2. The quantitative estimate of drug-likeness (QED) is 0.0923. The van der Waals surface area contributed by atoms with Crippen LogP contribution in [0.1, 0.15) is 34.6 Å². The molecule has 2 amide bonds. The summed E-state index contributed by atoms with van der Waals surface area (Å²) in [6.07, 6.45) is 0. The van der Waals surface area contributed by atoms with Gasteiger partial charge >= 0.3 is 11.9 Å². The number of carbonyl (C=O) groups is 4. The second-order valence-electron chi connectivity index (χ2n) is 10.5. The SMILES string of the molecule is CC(NS(=O)(=O)c1ccc(NC(=O)c2ccccc2SSc2ccccc2C(=O)Nc2ccc(S(=O)(=O)NC(C)C(=O)O)cc2)cc1)C(=O)O. The van der Waals surface area contributed by atoms with Crippen molar-refractivity contribution in [1.82, 2.24) is 9.44 Å². The summed E-state index contributed by atoms with van der Waals surface area (Å²) < 4.78 is 53.9. The van der Waals surface area contributed by atoms with E-state index in [9.17, 15) is 36.0 Å². The maximum absolute atomic E-state index is 13.2. The maximum Gasteiger partial charge on any atom is 0.321 e. The van der Waals surface area contributed by atoms with Crippen LogP contribution in [0.2, 0.25) is 0 Å². The third kappa shape index (κ3) is 9.93. The number of nitrogens with one attached hydrogen (secondary N) is 4. The number of amides is 2. The first-order chi connectivity index (χ1) is 23.6. The van der Waals surface area contributed by atoms with Crippen molar-refractivity contribution in [2.45, 2.75) is 45.5 Å². The molecule has 6 N–H and O–H groups in total. The Morgan fingerprint density at radius 2 is 0.860 bits per heavy atom. The standard InChI is InChI=1S/C32H30N4O10S4/c1-19(31(39)40)35-49(43,44)23-15-11-21(12-16-23)33-29(37)25-7-3-5-9-27(25)47-48-28-10-6-4-8-26(28)30(38)34-22-13-17-24(18-14-22)50(45,46)36-20(2)32(41)42/h3-20,35-36H,1-2H3,(H,33,37)(H,34,38)(H,39,40)(H,41,42). The van der Waals surface area contributed by atoms with E-state index in [1.807, 2.05) is 9.44 Å². The fourth-order valence-electron chi connectivity index (χ4n) is 4.08. The van der Waals surface area contributed by atoms with Crippen LogP contribution in [0, 0.1) is 0 Å². The lowest BCUT2D eigenvalue weighted by Crippen LogP contribution is -2.38. The van der Waals surface area contributed by atoms with Crippen LogP contribution in [0.25, 0.3) is 0 Å². The number of carboxylic acids is 2. The van der Waals surface area contributed by atoms with Crippen molar-refractivity contribution >= 4 is 76.8 Å². The molecule has 4 rings (SSSR count). The molecule has 18 heteroatoms. The molecule has 0 bridgehead atoms. The number of carboxylic acid groups (broad SMARTS) is 2. The Labute approximate surface area is 295 Å². The molecule has 0 saturated carbocycles. The van der Waals surface area contributed by atoms with Crippen LogP contribution in [0.4, 0.5) is 11.4 Å². The Balaban J connectivity index is 1.42. The first-order valence-electron chi connectivity index (χ1n) is 14.4. The molecule has 50 heavy (non-hydrogen) atoms. The maximum atomic E-state index is 13.2. The molecular formula is C32H30N4O10S4. The predicted octanol–water partition coefficient (Wildman–Crippen LogP) is 4.49. The summed E-state index contributed by atoms with van der Waals surface area (Å²) in [6.45, 7) is 2.39. The highest BCUT2D eigenvalue weighted by atomic mass is 33.1. The van der Waals surface area contributed by atoms with Crippen molar-refractivity contribution in [3.63, 3.8) is 0 Å². The van der Waals surface area contributed by atoms with Crippen LogP contribution in [0.3, 0.4) is 0 Å². The summed E-state index contributed by atoms with van der Waals surface area (Å²) in [4.78, 5) is 49.3. The van der Waals surface area contributed by atoms with Crippen molar-refractivity contribution in [2.24, 2.45) is 0 Å². The first kappa shape index (κ1) is 38.1. The Morgan fingerprint density at radius 3 is 1.18 bits per heavy atom. The van der Waals surface area contributed by atoms with Crippen LogP contribution in [-0.2, 0) is 29.6 Å². The number of benzene rings is 4. The van der Waals surface area contributed by atoms with E-state index in [2.05, 4.69) is 10.6 Å². The van der Waals surface area contributed by atoms with E-state index in [1.165, 1.54) is 84.0 Å². The minimum atomic E-state index is -4.10. The molecule has 262 valence electrons. The summed E-state index contributed by atoms with van der Waals surface area (Å²) >= 11 is 0. The monoisotopic (exact) mass is 758 g/mol. The van der Waals surface area contributed by atoms with E-state index >= 15 is 0 Å². The average molecular weight is 759 g/mol. The molecule has 4 aromatic rings. The Kier molecular flexibility index (Phi) is 12.4. The van der Waals surface area contributed by atoms with Crippen LogP contribution in [0.5, 0.6) is 0 Å². The molecule has 0 radical (unpaired) electrons. The van der Waals surface area contributed by atoms with Crippen molar-refractivity contribution in [2.75, 3.05) is 10.6 Å². The highest BCUT2D eigenvalue weighted by Crippen LogP contribution is 2.40.